The molecule has 24 heavy (non-hydrogen) atoms. The second-order valence-electron chi connectivity index (χ2n) is 6.55. The molecular formula is C20H22O4. The first-order chi connectivity index (χ1) is 11.7. The van der Waals surface area contributed by atoms with E-state index in [-0.39, 0.29) is 11.8 Å². The van der Waals surface area contributed by atoms with E-state index in [1.54, 1.807) is 14.2 Å². The van der Waals surface area contributed by atoms with Crippen molar-refractivity contribution >= 4 is 0 Å². The summed E-state index contributed by atoms with van der Waals surface area (Å²) in [5, 5.41) is 11.1. The van der Waals surface area contributed by atoms with Crippen molar-refractivity contribution in [2.24, 2.45) is 5.92 Å². The molecule has 2 aromatic rings. The minimum atomic E-state index is -0.540. The highest BCUT2D eigenvalue weighted by Crippen LogP contribution is 2.53. The number of aliphatic hydroxyl groups excluding tert-OH is 1. The molecule has 1 unspecified atom stereocenters. The Bertz CT molecular complexity index is 725. The largest absolute Gasteiger partial charge is 0.497 e. The maximum atomic E-state index is 11.1. The van der Waals surface area contributed by atoms with E-state index in [4.69, 9.17) is 14.2 Å². The number of methoxy groups -OCH3 is 2. The number of ether oxygens (including phenoxy) is 3. The van der Waals surface area contributed by atoms with Crippen molar-refractivity contribution in [2.45, 2.75) is 17.9 Å². The van der Waals surface area contributed by atoms with Crippen LogP contribution >= 0.6 is 0 Å². The lowest BCUT2D eigenvalue weighted by Crippen LogP contribution is -2.31. The zero-order valence-electron chi connectivity index (χ0n) is 13.9. The van der Waals surface area contributed by atoms with Crippen LogP contribution in [0, 0.1) is 5.92 Å². The van der Waals surface area contributed by atoms with Crippen molar-refractivity contribution in [1.29, 1.82) is 0 Å². The topological polar surface area (TPSA) is 47.9 Å². The molecule has 0 aromatic heterocycles. The second-order valence-corrected chi connectivity index (χ2v) is 6.55. The van der Waals surface area contributed by atoms with Gasteiger partial charge in [0.2, 0.25) is 0 Å². The zero-order chi connectivity index (χ0) is 16.7. The van der Waals surface area contributed by atoms with Gasteiger partial charge >= 0.3 is 0 Å². The van der Waals surface area contributed by atoms with Crippen LogP contribution in [-0.2, 0) is 4.74 Å². The van der Waals surface area contributed by atoms with Gasteiger partial charge in [0.05, 0.1) is 33.5 Å². The first-order valence-electron chi connectivity index (χ1n) is 8.30. The Morgan fingerprint density at radius 2 is 1.62 bits per heavy atom. The Labute approximate surface area is 142 Å². The molecule has 4 atom stereocenters. The van der Waals surface area contributed by atoms with Gasteiger partial charge in [0.25, 0.3) is 0 Å². The van der Waals surface area contributed by atoms with Gasteiger partial charge in [-0.1, -0.05) is 18.2 Å². The summed E-state index contributed by atoms with van der Waals surface area (Å²) in [6, 6.07) is 14.0. The van der Waals surface area contributed by atoms with Gasteiger partial charge in [-0.2, -0.15) is 0 Å². The number of aliphatic hydroxyl groups is 1. The summed E-state index contributed by atoms with van der Waals surface area (Å²) in [7, 11) is 3.33. The third kappa shape index (κ3) is 2.38. The van der Waals surface area contributed by atoms with Crippen molar-refractivity contribution < 1.29 is 19.3 Å². The summed E-state index contributed by atoms with van der Waals surface area (Å²) in [5.41, 5.74) is 3.28. The molecule has 1 fully saturated rings. The molecule has 2 aromatic carbocycles. The Balaban J connectivity index is 1.78. The fraction of sp³-hybridized carbons (Fsp3) is 0.400. The van der Waals surface area contributed by atoms with Gasteiger partial charge in [-0.15, -0.1) is 0 Å². The van der Waals surface area contributed by atoms with E-state index in [1.165, 1.54) is 0 Å². The van der Waals surface area contributed by atoms with E-state index >= 15 is 0 Å². The van der Waals surface area contributed by atoms with Crippen molar-refractivity contribution in [3.8, 4) is 11.5 Å². The standard InChI is InChI=1S/C20H22O4/c1-22-13-5-3-12(4-6-13)19-18-11-24-10-17(18)16-9-14(23-2)7-8-15(16)20(19)21/h3-9,17-21H,10-11H2,1-2H3/t17-,18-,19-,20?/m0/s1. The Kier molecular flexibility index (Phi) is 3.94. The molecule has 1 heterocycles. The van der Waals surface area contributed by atoms with Crippen LogP contribution in [0.5, 0.6) is 11.5 Å². The van der Waals surface area contributed by atoms with E-state index in [2.05, 4.69) is 18.2 Å². The van der Waals surface area contributed by atoms with Crippen molar-refractivity contribution in [1.82, 2.24) is 0 Å². The van der Waals surface area contributed by atoms with Crippen LogP contribution in [0.1, 0.15) is 34.6 Å². The van der Waals surface area contributed by atoms with Crippen molar-refractivity contribution in [3.05, 3.63) is 59.2 Å². The van der Waals surface area contributed by atoms with Crippen LogP contribution in [0.25, 0.3) is 0 Å². The lowest BCUT2D eigenvalue weighted by molar-refractivity contribution is 0.0932. The van der Waals surface area contributed by atoms with Crippen LogP contribution in [-0.4, -0.2) is 32.5 Å². The minimum absolute atomic E-state index is 0.0318. The third-order valence-corrected chi connectivity index (χ3v) is 5.44. The van der Waals surface area contributed by atoms with Gasteiger partial charge in [0.15, 0.2) is 0 Å². The monoisotopic (exact) mass is 326 g/mol. The van der Waals surface area contributed by atoms with Gasteiger partial charge < -0.3 is 19.3 Å². The summed E-state index contributed by atoms with van der Waals surface area (Å²) < 4.78 is 16.4. The number of hydrogen-bond acceptors (Lipinski definition) is 4. The van der Waals surface area contributed by atoms with Gasteiger partial charge in [-0.3, -0.25) is 0 Å². The van der Waals surface area contributed by atoms with Gasteiger partial charge in [-0.25, -0.2) is 0 Å². The maximum Gasteiger partial charge on any atom is 0.119 e. The first-order valence-corrected chi connectivity index (χ1v) is 8.30. The SMILES string of the molecule is COc1ccc([C@@H]2C(O)c3ccc(OC)cc3[C@@H]3COC[C@H]23)cc1. The fourth-order valence-electron chi connectivity index (χ4n) is 4.20. The van der Waals surface area contributed by atoms with Gasteiger partial charge in [-0.05, 0) is 41.0 Å². The highest BCUT2D eigenvalue weighted by Gasteiger charge is 2.45. The second kappa shape index (κ2) is 6.11. The quantitative estimate of drug-likeness (QED) is 0.940. The molecule has 0 amide bonds. The highest BCUT2D eigenvalue weighted by atomic mass is 16.5. The lowest BCUT2D eigenvalue weighted by Gasteiger charge is -2.38. The van der Waals surface area contributed by atoms with E-state index in [0.29, 0.717) is 19.1 Å². The minimum Gasteiger partial charge on any atom is -0.497 e. The molecule has 0 spiro atoms. The predicted molar refractivity (Wildman–Crippen MR) is 90.7 cm³/mol. The number of benzene rings is 2. The molecular weight excluding hydrogens is 304 g/mol. The Morgan fingerprint density at radius 3 is 2.33 bits per heavy atom. The van der Waals surface area contributed by atoms with E-state index < -0.39 is 6.10 Å². The Hall–Kier alpha value is -2.04. The van der Waals surface area contributed by atoms with Crippen LogP contribution in [0.4, 0.5) is 0 Å². The molecule has 4 rings (SSSR count). The summed E-state index contributed by atoms with van der Waals surface area (Å²) in [5.74, 6) is 2.26. The van der Waals surface area contributed by atoms with Crippen molar-refractivity contribution in [3.63, 3.8) is 0 Å². The van der Waals surface area contributed by atoms with Gasteiger partial charge in [0.1, 0.15) is 11.5 Å². The predicted octanol–water partition coefficient (Wildman–Crippen LogP) is 3.26. The molecule has 1 N–H and O–H groups in total. The zero-order valence-corrected chi connectivity index (χ0v) is 13.9. The van der Waals surface area contributed by atoms with Crippen LogP contribution in [0.3, 0.4) is 0 Å². The molecule has 0 saturated carbocycles. The lowest BCUT2D eigenvalue weighted by atomic mass is 9.66. The normalized spacial score (nSPS) is 28.1. The summed E-state index contributed by atoms with van der Waals surface area (Å²) in [6.45, 7) is 1.37. The average Bonchev–Trinajstić information content (AvgIpc) is 3.11. The fourth-order valence-corrected chi connectivity index (χ4v) is 4.20. The molecule has 2 aliphatic rings. The molecule has 0 radical (unpaired) electrons. The summed E-state index contributed by atoms with van der Waals surface area (Å²) >= 11 is 0. The number of fused-ring (bicyclic) bond motifs is 3. The Morgan fingerprint density at radius 1 is 0.917 bits per heavy atom. The van der Waals surface area contributed by atoms with Crippen LogP contribution in [0.15, 0.2) is 42.5 Å². The first kappa shape index (κ1) is 15.5. The molecule has 1 aliphatic heterocycles. The number of hydrogen-bond donors (Lipinski definition) is 1. The highest BCUT2D eigenvalue weighted by molar-refractivity contribution is 5.45. The molecule has 0 bridgehead atoms. The molecule has 126 valence electrons. The van der Waals surface area contributed by atoms with Crippen LogP contribution in [0.2, 0.25) is 0 Å². The average molecular weight is 326 g/mol. The molecule has 4 nitrogen and oxygen atoms in total. The van der Waals surface area contributed by atoms with Crippen molar-refractivity contribution in [2.75, 3.05) is 27.4 Å². The van der Waals surface area contributed by atoms with Crippen LogP contribution < -0.4 is 9.47 Å². The van der Waals surface area contributed by atoms with E-state index in [1.807, 2.05) is 24.3 Å². The number of rotatable bonds is 3. The summed E-state index contributed by atoms with van der Waals surface area (Å²) in [6.07, 6.45) is -0.540. The summed E-state index contributed by atoms with van der Waals surface area (Å²) in [4.78, 5) is 0. The molecule has 1 saturated heterocycles. The van der Waals surface area contributed by atoms with E-state index in [0.717, 1.165) is 28.2 Å². The smallest absolute Gasteiger partial charge is 0.119 e. The molecule has 1 aliphatic carbocycles. The van der Waals surface area contributed by atoms with E-state index in [9.17, 15) is 5.11 Å². The third-order valence-electron chi connectivity index (χ3n) is 5.44. The van der Waals surface area contributed by atoms with Gasteiger partial charge in [0, 0.05) is 17.8 Å². The maximum absolute atomic E-state index is 11.1. The molecule has 4 heteroatoms.